The fraction of sp³-hybridized carbons (Fsp3) is 0.235. The van der Waals surface area contributed by atoms with Gasteiger partial charge in [0.2, 0.25) is 0 Å². The quantitative estimate of drug-likeness (QED) is 0.852. The summed E-state index contributed by atoms with van der Waals surface area (Å²) in [6, 6.07) is 21.3. The molecule has 0 saturated carbocycles. The molecular formula is C17H17NS. The number of nitrogens with one attached hydrogen (secondary N) is 1. The third kappa shape index (κ3) is 2.33. The molecule has 0 atom stereocenters. The average molecular weight is 267 g/mol. The summed E-state index contributed by atoms with van der Waals surface area (Å²) in [5.74, 6) is 1.03. The van der Waals surface area contributed by atoms with Crippen LogP contribution in [0.15, 0.2) is 60.7 Å². The first kappa shape index (κ1) is 12.5. The van der Waals surface area contributed by atoms with Gasteiger partial charge in [0, 0.05) is 12.1 Å². The fourth-order valence-corrected chi connectivity index (χ4v) is 4.32. The number of hydrogen-bond acceptors (Lipinski definition) is 2. The number of hydrogen-bond donors (Lipinski definition) is 1. The topological polar surface area (TPSA) is 23.9 Å². The smallest absolute Gasteiger partial charge is 0.0708 e. The van der Waals surface area contributed by atoms with E-state index in [2.05, 4.69) is 60.7 Å². The van der Waals surface area contributed by atoms with Crippen molar-refractivity contribution < 1.29 is 0 Å². The summed E-state index contributed by atoms with van der Waals surface area (Å²) in [5.41, 5.74) is 3.50. The van der Waals surface area contributed by atoms with Gasteiger partial charge in [-0.15, -0.1) is 11.8 Å². The van der Waals surface area contributed by atoms with Gasteiger partial charge in [0.05, 0.1) is 4.75 Å². The first-order valence-corrected chi connectivity index (χ1v) is 7.61. The Labute approximate surface area is 118 Å². The van der Waals surface area contributed by atoms with Gasteiger partial charge >= 0.3 is 0 Å². The van der Waals surface area contributed by atoms with Crippen molar-refractivity contribution in [2.45, 2.75) is 17.6 Å². The summed E-state index contributed by atoms with van der Waals surface area (Å²) in [7, 11) is 0. The zero-order chi connectivity index (χ0) is 13.1. The van der Waals surface area contributed by atoms with Gasteiger partial charge in [-0.05, 0) is 23.3 Å². The highest BCUT2D eigenvalue weighted by Crippen LogP contribution is 2.48. The van der Waals surface area contributed by atoms with Gasteiger partial charge in [0.25, 0.3) is 0 Å². The number of benzene rings is 2. The average Bonchev–Trinajstić information content (AvgIpc) is 2.49. The first-order valence-electron chi connectivity index (χ1n) is 6.62. The summed E-state index contributed by atoms with van der Waals surface area (Å²) in [4.78, 5) is 0. The summed E-state index contributed by atoms with van der Waals surface area (Å²) in [6.45, 7) is 0. The van der Waals surface area contributed by atoms with Crippen LogP contribution in [-0.2, 0) is 4.75 Å². The second kappa shape index (κ2) is 5.22. The van der Waals surface area contributed by atoms with E-state index in [1.54, 1.807) is 0 Å². The van der Waals surface area contributed by atoms with Gasteiger partial charge in [0.15, 0.2) is 0 Å². The molecule has 0 radical (unpaired) electrons. The van der Waals surface area contributed by atoms with Crippen LogP contribution in [0.2, 0.25) is 0 Å². The lowest BCUT2D eigenvalue weighted by Crippen LogP contribution is -2.31. The highest BCUT2D eigenvalue weighted by molar-refractivity contribution is 8.00. The van der Waals surface area contributed by atoms with E-state index in [1.165, 1.54) is 11.1 Å². The maximum atomic E-state index is 8.13. The fourth-order valence-electron chi connectivity index (χ4n) is 2.74. The Balaban J connectivity index is 2.13. The highest BCUT2D eigenvalue weighted by Gasteiger charge is 2.38. The lowest BCUT2D eigenvalue weighted by Gasteiger charge is -2.38. The zero-order valence-electron chi connectivity index (χ0n) is 10.8. The van der Waals surface area contributed by atoms with Crippen molar-refractivity contribution in [3.63, 3.8) is 0 Å². The molecule has 1 aliphatic rings. The van der Waals surface area contributed by atoms with Crippen molar-refractivity contribution in [3.8, 4) is 0 Å². The van der Waals surface area contributed by atoms with Crippen LogP contribution < -0.4 is 0 Å². The molecule has 0 aromatic heterocycles. The minimum atomic E-state index is -0.0716. The van der Waals surface area contributed by atoms with Crippen molar-refractivity contribution in [1.82, 2.24) is 0 Å². The maximum absolute atomic E-state index is 8.13. The van der Waals surface area contributed by atoms with E-state index >= 15 is 0 Å². The van der Waals surface area contributed by atoms with Crippen molar-refractivity contribution in [2.75, 3.05) is 5.75 Å². The van der Waals surface area contributed by atoms with Crippen molar-refractivity contribution in [3.05, 3.63) is 71.8 Å². The molecule has 1 heterocycles. The lowest BCUT2D eigenvalue weighted by molar-refractivity contribution is 0.752. The Morgan fingerprint density at radius 2 is 1.37 bits per heavy atom. The second-order valence-electron chi connectivity index (χ2n) is 4.94. The molecular weight excluding hydrogens is 250 g/mol. The Morgan fingerprint density at radius 1 is 0.842 bits per heavy atom. The van der Waals surface area contributed by atoms with E-state index in [9.17, 15) is 0 Å². The molecule has 1 aliphatic heterocycles. The molecule has 0 amide bonds. The Bertz CT molecular complexity index is 523. The SMILES string of the molecule is N=C1CCSC(c2ccccc2)(c2ccccc2)C1. The molecule has 1 N–H and O–H groups in total. The van der Waals surface area contributed by atoms with E-state index in [-0.39, 0.29) is 4.75 Å². The first-order chi connectivity index (χ1) is 9.31. The van der Waals surface area contributed by atoms with Crippen LogP contribution in [0, 0.1) is 5.41 Å². The third-order valence-corrected chi connectivity index (χ3v) is 5.21. The van der Waals surface area contributed by atoms with Crippen LogP contribution in [0.5, 0.6) is 0 Å². The minimum absolute atomic E-state index is 0.0716. The lowest BCUT2D eigenvalue weighted by atomic mass is 9.85. The predicted octanol–water partition coefficient (Wildman–Crippen LogP) is 4.48. The van der Waals surface area contributed by atoms with Crippen molar-refractivity contribution >= 4 is 17.5 Å². The molecule has 1 fully saturated rings. The zero-order valence-corrected chi connectivity index (χ0v) is 11.6. The van der Waals surface area contributed by atoms with E-state index in [4.69, 9.17) is 5.41 Å². The molecule has 1 saturated heterocycles. The molecule has 1 nitrogen and oxygen atoms in total. The molecule has 0 spiro atoms. The normalized spacial score (nSPS) is 18.2. The van der Waals surface area contributed by atoms with Crippen molar-refractivity contribution in [1.29, 1.82) is 5.41 Å². The number of thioether (sulfide) groups is 1. The molecule has 2 aromatic rings. The summed E-state index contributed by atoms with van der Waals surface area (Å²) in [5, 5.41) is 8.13. The largest absolute Gasteiger partial charge is 0.310 e. The van der Waals surface area contributed by atoms with Gasteiger partial charge in [0.1, 0.15) is 0 Å². The van der Waals surface area contributed by atoms with Crippen molar-refractivity contribution in [2.24, 2.45) is 0 Å². The molecule has 3 rings (SSSR count). The maximum Gasteiger partial charge on any atom is 0.0708 e. The van der Waals surface area contributed by atoms with Crippen LogP contribution >= 0.6 is 11.8 Å². The Kier molecular flexibility index (Phi) is 3.43. The summed E-state index contributed by atoms with van der Waals surface area (Å²) >= 11 is 1.98. The molecule has 2 heteroatoms. The summed E-state index contributed by atoms with van der Waals surface area (Å²) in [6.07, 6.45) is 1.75. The van der Waals surface area contributed by atoms with Gasteiger partial charge in [-0.25, -0.2) is 0 Å². The second-order valence-corrected chi connectivity index (χ2v) is 6.33. The monoisotopic (exact) mass is 267 g/mol. The Morgan fingerprint density at radius 3 is 1.84 bits per heavy atom. The molecule has 96 valence electrons. The van der Waals surface area contributed by atoms with E-state index in [0.717, 1.165) is 24.3 Å². The molecule has 0 aliphatic carbocycles. The van der Waals surface area contributed by atoms with Crippen LogP contribution in [0.25, 0.3) is 0 Å². The van der Waals surface area contributed by atoms with Gasteiger partial charge < -0.3 is 5.41 Å². The van der Waals surface area contributed by atoms with Gasteiger partial charge in [-0.3, -0.25) is 0 Å². The summed E-state index contributed by atoms with van der Waals surface area (Å²) < 4.78 is -0.0716. The standard InChI is InChI=1S/C17H17NS/c18-16-11-12-19-17(13-16,14-7-3-1-4-8-14)15-9-5-2-6-10-15/h1-10,18H,11-13H2. The van der Waals surface area contributed by atoms with Crippen LogP contribution in [0.4, 0.5) is 0 Å². The number of rotatable bonds is 2. The van der Waals surface area contributed by atoms with Gasteiger partial charge in [-0.1, -0.05) is 60.7 Å². The Hall–Kier alpha value is -1.54. The van der Waals surface area contributed by atoms with Gasteiger partial charge in [-0.2, -0.15) is 0 Å². The highest BCUT2D eigenvalue weighted by atomic mass is 32.2. The molecule has 0 unspecified atom stereocenters. The molecule has 19 heavy (non-hydrogen) atoms. The van der Waals surface area contributed by atoms with Crippen LogP contribution in [0.3, 0.4) is 0 Å². The van der Waals surface area contributed by atoms with Crippen LogP contribution in [0.1, 0.15) is 24.0 Å². The van der Waals surface area contributed by atoms with Crippen LogP contribution in [-0.4, -0.2) is 11.5 Å². The van der Waals surface area contributed by atoms with E-state index in [0.29, 0.717) is 0 Å². The third-order valence-electron chi connectivity index (χ3n) is 3.69. The van der Waals surface area contributed by atoms with E-state index < -0.39 is 0 Å². The minimum Gasteiger partial charge on any atom is -0.310 e. The molecule has 0 bridgehead atoms. The van der Waals surface area contributed by atoms with E-state index in [1.807, 2.05) is 11.8 Å². The molecule has 2 aromatic carbocycles. The predicted molar refractivity (Wildman–Crippen MR) is 83.1 cm³/mol.